The van der Waals surface area contributed by atoms with Gasteiger partial charge in [-0.3, -0.25) is 9.63 Å². The normalized spacial score (nSPS) is 19.0. The Kier molecular flexibility index (Phi) is 4.17. The zero-order valence-corrected chi connectivity index (χ0v) is 10.3. The van der Waals surface area contributed by atoms with Crippen LogP contribution in [0.4, 0.5) is 0 Å². The molecule has 5 heteroatoms. The lowest BCUT2D eigenvalue weighted by molar-refractivity contribution is -0.170. The highest BCUT2D eigenvalue weighted by molar-refractivity contribution is 5.76. The smallest absolute Gasteiger partial charge is 0.284 e. The molecule has 0 bridgehead atoms. The number of β-amino-alcohol motifs (C(OH)–C–C–N with tert-alkyl or cyclic N) is 1. The van der Waals surface area contributed by atoms with E-state index in [-0.39, 0.29) is 25.7 Å². The Morgan fingerprint density at radius 2 is 2.22 bits per heavy atom. The molecule has 0 aromatic heterocycles. The standard InChI is InChI=1S/C13H17NO4/c1-2-10-3-5-12(6-4-10)17-9-13(16)14-7-11(15)8-18-14/h3-6,11,15H,2,7-9H2,1H3/t11-/m1/s1. The van der Waals surface area contributed by atoms with Crippen LogP contribution in [-0.2, 0) is 16.1 Å². The van der Waals surface area contributed by atoms with Crippen LogP contribution in [0.15, 0.2) is 24.3 Å². The molecule has 0 saturated carbocycles. The fourth-order valence-electron chi connectivity index (χ4n) is 1.69. The van der Waals surface area contributed by atoms with Gasteiger partial charge in [-0.15, -0.1) is 0 Å². The molecule has 5 nitrogen and oxygen atoms in total. The van der Waals surface area contributed by atoms with Gasteiger partial charge in [0.25, 0.3) is 5.91 Å². The Labute approximate surface area is 106 Å². The summed E-state index contributed by atoms with van der Waals surface area (Å²) in [7, 11) is 0. The lowest BCUT2D eigenvalue weighted by Crippen LogP contribution is -2.32. The molecule has 98 valence electrons. The summed E-state index contributed by atoms with van der Waals surface area (Å²) in [5, 5.41) is 10.4. The van der Waals surface area contributed by atoms with E-state index in [1.54, 1.807) is 0 Å². The van der Waals surface area contributed by atoms with E-state index in [1.807, 2.05) is 24.3 Å². The van der Waals surface area contributed by atoms with Gasteiger partial charge in [0.1, 0.15) is 18.5 Å². The number of rotatable bonds is 4. The van der Waals surface area contributed by atoms with Gasteiger partial charge < -0.3 is 9.84 Å². The van der Waals surface area contributed by atoms with Gasteiger partial charge in [0.2, 0.25) is 0 Å². The maximum Gasteiger partial charge on any atom is 0.284 e. The van der Waals surface area contributed by atoms with Crippen LogP contribution in [0, 0.1) is 0 Å². The number of carbonyl (C=O) groups is 1. The van der Waals surface area contributed by atoms with Gasteiger partial charge in [0.05, 0.1) is 6.54 Å². The molecule has 0 unspecified atom stereocenters. The Bertz CT molecular complexity index is 404. The van der Waals surface area contributed by atoms with Crippen LogP contribution in [0.2, 0.25) is 0 Å². The average molecular weight is 251 g/mol. The molecule has 1 aromatic rings. The number of hydrogen-bond donors (Lipinski definition) is 1. The lowest BCUT2D eigenvalue weighted by atomic mass is 10.2. The summed E-state index contributed by atoms with van der Waals surface area (Å²) < 4.78 is 5.36. The van der Waals surface area contributed by atoms with E-state index >= 15 is 0 Å². The molecule has 1 atom stereocenters. The number of carbonyl (C=O) groups excluding carboxylic acids is 1. The maximum absolute atomic E-state index is 11.7. The highest BCUT2D eigenvalue weighted by Crippen LogP contribution is 2.13. The zero-order valence-electron chi connectivity index (χ0n) is 10.3. The minimum Gasteiger partial charge on any atom is -0.484 e. The molecule has 1 aromatic carbocycles. The molecular formula is C13H17NO4. The highest BCUT2D eigenvalue weighted by Gasteiger charge is 2.26. The molecule has 0 aliphatic carbocycles. The summed E-state index contributed by atoms with van der Waals surface area (Å²) in [6, 6.07) is 7.61. The van der Waals surface area contributed by atoms with Crippen molar-refractivity contribution in [2.24, 2.45) is 0 Å². The van der Waals surface area contributed by atoms with Crippen molar-refractivity contribution in [3.63, 3.8) is 0 Å². The summed E-state index contributed by atoms with van der Waals surface area (Å²) in [5.74, 6) is 0.367. The number of nitrogens with zero attached hydrogens (tertiary/aromatic N) is 1. The van der Waals surface area contributed by atoms with E-state index in [1.165, 1.54) is 5.56 Å². The van der Waals surface area contributed by atoms with Crippen molar-refractivity contribution in [1.29, 1.82) is 0 Å². The molecule has 1 amide bonds. The second-order valence-electron chi connectivity index (χ2n) is 4.19. The summed E-state index contributed by atoms with van der Waals surface area (Å²) in [5.41, 5.74) is 1.22. The van der Waals surface area contributed by atoms with E-state index in [0.29, 0.717) is 5.75 Å². The first-order chi connectivity index (χ1) is 8.69. The molecule has 18 heavy (non-hydrogen) atoms. The number of ether oxygens (including phenoxy) is 1. The summed E-state index contributed by atoms with van der Waals surface area (Å²) in [4.78, 5) is 16.7. The van der Waals surface area contributed by atoms with Gasteiger partial charge in [0, 0.05) is 0 Å². The van der Waals surface area contributed by atoms with E-state index in [4.69, 9.17) is 9.57 Å². The zero-order chi connectivity index (χ0) is 13.0. The first-order valence-electron chi connectivity index (χ1n) is 6.02. The van der Waals surface area contributed by atoms with Crippen LogP contribution < -0.4 is 4.74 Å². The molecule has 1 saturated heterocycles. The Hall–Kier alpha value is -1.59. The van der Waals surface area contributed by atoms with Crippen LogP contribution in [0.25, 0.3) is 0 Å². The Balaban J connectivity index is 1.81. The second kappa shape index (κ2) is 5.84. The van der Waals surface area contributed by atoms with Gasteiger partial charge in [-0.05, 0) is 24.1 Å². The van der Waals surface area contributed by atoms with Crippen LogP contribution in [0.3, 0.4) is 0 Å². The SMILES string of the molecule is CCc1ccc(OCC(=O)N2C[C@@H](O)CO2)cc1. The van der Waals surface area contributed by atoms with Crippen molar-refractivity contribution in [3.05, 3.63) is 29.8 Å². The van der Waals surface area contributed by atoms with Crippen LogP contribution >= 0.6 is 0 Å². The van der Waals surface area contributed by atoms with E-state index in [0.717, 1.165) is 11.5 Å². The number of hydrogen-bond acceptors (Lipinski definition) is 4. The third-order valence-corrected chi connectivity index (χ3v) is 2.77. The van der Waals surface area contributed by atoms with Crippen LogP contribution in [0.5, 0.6) is 5.75 Å². The number of amides is 1. The van der Waals surface area contributed by atoms with Gasteiger partial charge in [0.15, 0.2) is 6.61 Å². The minimum absolute atomic E-state index is 0.0851. The summed E-state index contributed by atoms with van der Waals surface area (Å²) in [6.07, 6.45) is 0.372. The third-order valence-electron chi connectivity index (χ3n) is 2.77. The monoisotopic (exact) mass is 251 g/mol. The molecule has 1 heterocycles. The van der Waals surface area contributed by atoms with E-state index < -0.39 is 6.10 Å². The van der Waals surface area contributed by atoms with Gasteiger partial charge in [-0.1, -0.05) is 19.1 Å². The number of aliphatic hydroxyl groups excluding tert-OH is 1. The van der Waals surface area contributed by atoms with Gasteiger partial charge >= 0.3 is 0 Å². The van der Waals surface area contributed by atoms with Crippen molar-refractivity contribution in [1.82, 2.24) is 5.06 Å². The quantitative estimate of drug-likeness (QED) is 0.858. The van der Waals surface area contributed by atoms with Crippen LogP contribution in [0.1, 0.15) is 12.5 Å². The van der Waals surface area contributed by atoms with Crippen molar-refractivity contribution < 1.29 is 19.5 Å². The van der Waals surface area contributed by atoms with Crippen molar-refractivity contribution in [2.45, 2.75) is 19.4 Å². The predicted molar refractivity (Wildman–Crippen MR) is 65.0 cm³/mol. The predicted octanol–water partition coefficient (Wildman–Crippen LogP) is 0.763. The number of aliphatic hydroxyl groups is 1. The molecular weight excluding hydrogens is 234 g/mol. The van der Waals surface area contributed by atoms with Crippen molar-refractivity contribution in [3.8, 4) is 5.75 Å². The minimum atomic E-state index is -0.599. The lowest BCUT2D eigenvalue weighted by Gasteiger charge is -2.14. The molecule has 1 aliphatic rings. The van der Waals surface area contributed by atoms with Crippen LogP contribution in [-0.4, -0.2) is 41.9 Å². The van der Waals surface area contributed by atoms with Crippen molar-refractivity contribution >= 4 is 5.91 Å². The van der Waals surface area contributed by atoms with Crippen molar-refractivity contribution in [2.75, 3.05) is 19.8 Å². The fraction of sp³-hybridized carbons (Fsp3) is 0.462. The van der Waals surface area contributed by atoms with E-state index in [9.17, 15) is 9.90 Å². The molecule has 0 radical (unpaired) electrons. The number of benzene rings is 1. The molecule has 0 spiro atoms. The third kappa shape index (κ3) is 3.21. The first-order valence-corrected chi connectivity index (χ1v) is 6.02. The fourth-order valence-corrected chi connectivity index (χ4v) is 1.69. The Morgan fingerprint density at radius 1 is 1.50 bits per heavy atom. The number of aryl methyl sites for hydroxylation is 1. The summed E-state index contributed by atoms with van der Waals surface area (Å²) >= 11 is 0. The van der Waals surface area contributed by atoms with E-state index in [2.05, 4.69) is 6.92 Å². The molecule has 1 aliphatic heterocycles. The van der Waals surface area contributed by atoms with Gasteiger partial charge in [-0.2, -0.15) is 0 Å². The Morgan fingerprint density at radius 3 is 2.78 bits per heavy atom. The average Bonchev–Trinajstić information content (AvgIpc) is 2.83. The van der Waals surface area contributed by atoms with Gasteiger partial charge in [-0.25, -0.2) is 5.06 Å². The largest absolute Gasteiger partial charge is 0.484 e. The number of hydroxylamine groups is 2. The summed E-state index contributed by atoms with van der Waals surface area (Å²) in [6.45, 7) is 2.36. The maximum atomic E-state index is 11.7. The highest BCUT2D eigenvalue weighted by atomic mass is 16.7. The second-order valence-corrected chi connectivity index (χ2v) is 4.19. The topological polar surface area (TPSA) is 59.0 Å². The molecule has 1 N–H and O–H groups in total. The molecule has 2 rings (SSSR count). The first kappa shape index (κ1) is 12.9. The molecule has 1 fully saturated rings.